The van der Waals surface area contributed by atoms with E-state index in [0.717, 1.165) is 42.7 Å². The van der Waals surface area contributed by atoms with Crippen molar-refractivity contribution < 1.29 is 14.4 Å². The molecular weight excluding hydrogens is 526 g/mol. The lowest BCUT2D eigenvalue weighted by Crippen LogP contribution is -2.59. The number of nitrogens with one attached hydrogen (secondary N) is 3. The van der Waals surface area contributed by atoms with Crippen LogP contribution in [0.25, 0.3) is 0 Å². The number of carbonyl (C=O) groups excluding carboxylic acids is 3. The molecule has 0 aliphatic carbocycles. The number of piperidine rings is 2. The second-order valence-electron chi connectivity index (χ2n) is 12.2. The maximum absolute atomic E-state index is 13.8. The van der Waals surface area contributed by atoms with Crippen molar-refractivity contribution in [1.29, 1.82) is 0 Å². The maximum Gasteiger partial charge on any atom is 0.315 e. The van der Waals surface area contributed by atoms with Crippen LogP contribution in [0.5, 0.6) is 0 Å². The van der Waals surface area contributed by atoms with E-state index < -0.39 is 11.5 Å². The summed E-state index contributed by atoms with van der Waals surface area (Å²) in [5, 5.41) is 10.1. The molecule has 2 fully saturated rings. The molecule has 1 atom stereocenters. The van der Waals surface area contributed by atoms with Gasteiger partial charge in [0.15, 0.2) is 0 Å². The van der Waals surface area contributed by atoms with Gasteiger partial charge in [0.2, 0.25) is 11.8 Å². The molecule has 0 bridgehead atoms. The molecule has 40 heavy (non-hydrogen) atoms. The van der Waals surface area contributed by atoms with Crippen LogP contribution in [0.3, 0.4) is 0 Å². The predicted octanol–water partition coefficient (Wildman–Crippen LogP) is 4.01. The molecule has 3 heterocycles. The first-order valence-electron chi connectivity index (χ1n) is 14.3. The number of urea groups is 1. The fourth-order valence-electron chi connectivity index (χ4n) is 6.29. The molecule has 214 valence electrons. The number of carbonyl (C=O) groups is 3. The van der Waals surface area contributed by atoms with Gasteiger partial charge >= 0.3 is 6.03 Å². The lowest BCUT2D eigenvalue weighted by Gasteiger charge is -2.39. The molecule has 3 N–H and O–H groups in total. The summed E-state index contributed by atoms with van der Waals surface area (Å²) in [6.45, 7) is 8.76. The SMILES string of the molecule is CC1(NC(=O)NC(Cc2ccc(Cl)cc2)C(=O)N2CCC(N3C(=O)C(C)(C)c4ccccc43)CC2)CCNCC1. The minimum absolute atomic E-state index is 0.0327. The minimum Gasteiger partial charge on any atom is -0.341 e. The number of likely N-dealkylation sites (tertiary alicyclic amines) is 1. The van der Waals surface area contributed by atoms with Crippen molar-refractivity contribution in [2.75, 3.05) is 31.1 Å². The van der Waals surface area contributed by atoms with Crippen molar-refractivity contribution in [3.8, 4) is 0 Å². The highest BCUT2D eigenvalue weighted by molar-refractivity contribution is 6.30. The standard InChI is InChI=1S/C31H40ClN5O3/c1-30(2)24-6-4-5-7-26(24)37(28(30)39)23-12-18-36(19-13-23)27(38)25(20-21-8-10-22(32)11-9-21)34-29(40)35-31(3)14-16-33-17-15-31/h4-11,23,25,33H,12-20H2,1-3H3,(H2,34,35,40). The Morgan fingerprint density at radius 2 is 1.68 bits per heavy atom. The van der Waals surface area contributed by atoms with Gasteiger partial charge in [0, 0.05) is 41.8 Å². The van der Waals surface area contributed by atoms with E-state index in [-0.39, 0.29) is 29.4 Å². The molecule has 1 unspecified atom stereocenters. The molecule has 5 rings (SSSR count). The normalized spacial score (nSPS) is 21.1. The van der Waals surface area contributed by atoms with E-state index in [4.69, 9.17) is 11.6 Å². The number of hydrogen-bond donors (Lipinski definition) is 3. The first-order chi connectivity index (χ1) is 19.1. The van der Waals surface area contributed by atoms with Crippen molar-refractivity contribution in [2.45, 2.75) is 75.9 Å². The van der Waals surface area contributed by atoms with E-state index in [0.29, 0.717) is 37.4 Å². The first-order valence-corrected chi connectivity index (χ1v) is 14.7. The molecule has 2 aromatic rings. The summed E-state index contributed by atoms with van der Waals surface area (Å²) in [7, 11) is 0. The summed E-state index contributed by atoms with van der Waals surface area (Å²) < 4.78 is 0. The highest BCUT2D eigenvalue weighted by Gasteiger charge is 2.47. The molecule has 3 aliphatic heterocycles. The van der Waals surface area contributed by atoms with Gasteiger partial charge in [-0.2, -0.15) is 0 Å². The van der Waals surface area contributed by atoms with Crippen LogP contribution in [-0.4, -0.2) is 66.5 Å². The van der Waals surface area contributed by atoms with E-state index in [1.165, 1.54) is 0 Å². The number of halogens is 1. The van der Waals surface area contributed by atoms with E-state index >= 15 is 0 Å². The lowest BCUT2D eigenvalue weighted by molar-refractivity contribution is -0.134. The van der Waals surface area contributed by atoms with Gasteiger partial charge in [0.1, 0.15) is 6.04 Å². The molecule has 9 heteroatoms. The van der Waals surface area contributed by atoms with Crippen molar-refractivity contribution in [3.63, 3.8) is 0 Å². The zero-order valence-corrected chi connectivity index (χ0v) is 24.4. The Labute approximate surface area is 241 Å². The van der Waals surface area contributed by atoms with Crippen molar-refractivity contribution >= 4 is 35.1 Å². The number of amides is 4. The first kappa shape index (κ1) is 28.4. The quantitative estimate of drug-likeness (QED) is 0.493. The van der Waals surface area contributed by atoms with Crippen LogP contribution in [0.4, 0.5) is 10.5 Å². The molecular formula is C31H40ClN5O3. The van der Waals surface area contributed by atoms with E-state index in [9.17, 15) is 14.4 Å². The lowest BCUT2D eigenvalue weighted by atomic mass is 9.86. The summed E-state index contributed by atoms with van der Waals surface area (Å²) in [6, 6.07) is 14.4. The van der Waals surface area contributed by atoms with E-state index in [2.05, 4.69) is 16.0 Å². The molecule has 0 radical (unpaired) electrons. The van der Waals surface area contributed by atoms with Crippen LogP contribution in [0.1, 0.15) is 57.6 Å². The summed E-state index contributed by atoms with van der Waals surface area (Å²) >= 11 is 6.08. The second kappa shape index (κ2) is 11.4. The van der Waals surface area contributed by atoms with Crippen LogP contribution in [0, 0.1) is 0 Å². The zero-order valence-electron chi connectivity index (χ0n) is 23.6. The van der Waals surface area contributed by atoms with Crippen LogP contribution >= 0.6 is 11.6 Å². The molecule has 0 aromatic heterocycles. The Hall–Kier alpha value is -3.10. The van der Waals surface area contributed by atoms with E-state index in [1.807, 2.05) is 67.0 Å². The molecule has 0 saturated carbocycles. The summed E-state index contributed by atoms with van der Waals surface area (Å²) in [5.74, 6) is 0.0105. The number of benzene rings is 2. The third-order valence-electron chi connectivity index (χ3n) is 8.81. The summed E-state index contributed by atoms with van der Waals surface area (Å²) in [4.78, 5) is 44.2. The fourth-order valence-corrected chi connectivity index (χ4v) is 6.42. The highest BCUT2D eigenvalue weighted by atomic mass is 35.5. The summed E-state index contributed by atoms with van der Waals surface area (Å²) in [5.41, 5.74) is 2.09. The van der Waals surface area contributed by atoms with Crippen LogP contribution < -0.4 is 20.9 Å². The molecule has 2 aromatic carbocycles. The van der Waals surface area contributed by atoms with Gasteiger partial charge in [-0.05, 0) is 88.9 Å². The topological polar surface area (TPSA) is 93.8 Å². The van der Waals surface area contributed by atoms with Gasteiger partial charge in [0.05, 0.1) is 5.41 Å². The smallest absolute Gasteiger partial charge is 0.315 e. The number of nitrogens with zero attached hydrogens (tertiary/aromatic N) is 2. The second-order valence-corrected chi connectivity index (χ2v) is 12.6. The Bertz CT molecular complexity index is 1250. The fraction of sp³-hybridized carbons (Fsp3) is 0.516. The van der Waals surface area contributed by atoms with Gasteiger partial charge in [-0.1, -0.05) is 41.9 Å². The summed E-state index contributed by atoms with van der Waals surface area (Å²) in [6.07, 6.45) is 3.41. The number of rotatable bonds is 6. The highest BCUT2D eigenvalue weighted by Crippen LogP contribution is 2.43. The number of anilines is 1. The van der Waals surface area contributed by atoms with Crippen LogP contribution in [0.15, 0.2) is 48.5 Å². The Kier molecular flexibility index (Phi) is 8.11. The largest absolute Gasteiger partial charge is 0.341 e. The third kappa shape index (κ3) is 5.84. The molecule has 2 saturated heterocycles. The van der Waals surface area contributed by atoms with Crippen LogP contribution in [-0.2, 0) is 21.4 Å². The zero-order chi connectivity index (χ0) is 28.5. The molecule has 8 nitrogen and oxygen atoms in total. The predicted molar refractivity (Wildman–Crippen MR) is 158 cm³/mol. The Morgan fingerprint density at radius 1 is 1.02 bits per heavy atom. The van der Waals surface area contributed by atoms with Crippen molar-refractivity contribution in [3.05, 3.63) is 64.7 Å². The molecule has 3 aliphatic rings. The van der Waals surface area contributed by atoms with Gasteiger partial charge < -0.3 is 25.8 Å². The van der Waals surface area contributed by atoms with Crippen molar-refractivity contribution in [2.24, 2.45) is 0 Å². The Morgan fingerprint density at radius 3 is 2.35 bits per heavy atom. The van der Waals surface area contributed by atoms with Crippen LogP contribution in [0.2, 0.25) is 5.02 Å². The van der Waals surface area contributed by atoms with Gasteiger partial charge in [-0.3, -0.25) is 9.59 Å². The average molecular weight is 566 g/mol. The third-order valence-corrected chi connectivity index (χ3v) is 9.06. The van der Waals surface area contributed by atoms with Gasteiger partial charge in [-0.15, -0.1) is 0 Å². The molecule has 4 amide bonds. The monoisotopic (exact) mass is 565 g/mol. The number of hydrogen-bond acceptors (Lipinski definition) is 4. The average Bonchev–Trinajstić information content (AvgIpc) is 3.14. The number of fused-ring (bicyclic) bond motifs is 1. The number of para-hydroxylation sites is 1. The van der Waals surface area contributed by atoms with Gasteiger partial charge in [0.25, 0.3) is 0 Å². The van der Waals surface area contributed by atoms with Gasteiger partial charge in [-0.25, -0.2) is 4.79 Å². The van der Waals surface area contributed by atoms with E-state index in [1.54, 1.807) is 12.1 Å². The Balaban J connectivity index is 1.27. The molecule has 0 spiro atoms. The van der Waals surface area contributed by atoms with Crippen molar-refractivity contribution in [1.82, 2.24) is 20.9 Å². The maximum atomic E-state index is 13.8. The minimum atomic E-state index is -0.712.